The molecule has 110 valence electrons. The first-order valence-electron chi connectivity index (χ1n) is 6.74. The number of hydrogen-bond acceptors (Lipinski definition) is 3. The minimum atomic E-state index is -0.579. The highest BCUT2D eigenvalue weighted by Crippen LogP contribution is 2.17. The highest BCUT2D eigenvalue weighted by Gasteiger charge is 2.05. The molecule has 5 N–H and O–H groups in total. The lowest BCUT2D eigenvalue weighted by molar-refractivity contribution is 0.259. The Kier molecular flexibility index (Phi) is 4.66. The first-order chi connectivity index (χ1) is 10.0. The molecule has 2 aromatic rings. The molecule has 0 aliphatic carbocycles. The van der Waals surface area contributed by atoms with Crippen molar-refractivity contribution >= 4 is 17.4 Å². The number of nitrogens with two attached hydrogens (primary N) is 1. The van der Waals surface area contributed by atoms with Crippen LogP contribution in [0, 0.1) is 0 Å². The van der Waals surface area contributed by atoms with Crippen LogP contribution in [0.15, 0.2) is 48.5 Å². The Balaban J connectivity index is 1.97. The number of phenols is 1. The van der Waals surface area contributed by atoms with E-state index in [2.05, 4.69) is 17.6 Å². The van der Waals surface area contributed by atoms with E-state index >= 15 is 0 Å². The van der Waals surface area contributed by atoms with E-state index in [-0.39, 0.29) is 11.8 Å². The highest BCUT2D eigenvalue weighted by atomic mass is 16.3. The van der Waals surface area contributed by atoms with Crippen LogP contribution in [0.5, 0.6) is 5.75 Å². The molecule has 2 amide bonds. The standard InChI is InChI=1S/C16H19N3O2/c1-11(9-12-5-7-15(20)8-6-12)18-13-3-2-4-14(10-13)19-16(17)21/h2-8,10-11,18,20H,9H2,1H3,(H3,17,19,21). The fraction of sp³-hybridized carbons (Fsp3) is 0.188. The predicted molar refractivity (Wildman–Crippen MR) is 84.5 cm³/mol. The first-order valence-corrected chi connectivity index (χ1v) is 6.74. The summed E-state index contributed by atoms with van der Waals surface area (Å²) in [5.41, 5.74) is 7.80. The van der Waals surface area contributed by atoms with Gasteiger partial charge >= 0.3 is 6.03 Å². The quantitative estimate of drug-likeness (QED) is 0.681. The molecule has 0 saturated heterocycles. The van der Waals surface area contributed by atoms with Gasteiger partial charge in [-0.05, 0) is 49.2 Å². The van der Waals surface area contributed by atoms with Crippen molar-refractivity contribution in [2.24, 2.45) is 5.73 Å². The van der Waals surface area contributed by atoms with E-state index in [0.717, 1.165) is 17.7 Å². The summed E-state index contributed by atoms with van der Waals surface area (Å²) >= 11 is 0. The van der Waals surface area contributed by atoms with Gasteiger partial charge in [0.2, 0.25) is 0 Å². The third-order valence-corrected chi connectivity index (χ3v) is 3.02. The molecule has 2 rings (SSSR count). The molecular formula is C16H19N3O2. The number of aromatic hydroxyl groups is 1. The van der Waals surface area contributed by atoms with Crippen LogP contribution in [0.4, 0.5) is 16.2 Å². The Bertz CT molecular complexity index is 611. The van der Waals surface area contributed by atoms with E-state index in [4.69, 9.17) is 5.73 Å². The molecular weight excluding hydrogens is 266 g/mol. The SMILES string of the molecule is CC(Cc1ccc(O)cc1)Nc1cccc(NC(N)=O)c1. The lowest BCUT2D eigenvalue weighted by Gasteiger charge is -2.16. The van der Waals surface area contributed by atoms with Gasteiger partial charge in [0.1, 0.15) is 5.75 Å². The second kappa shape index (κ2) is 6.65. The van der Waals surface area contributed by atoms with Gasteiger partial charge in [-0.15, -0.1) is 0 Å². The Morgan fingerprint density at radius 1 is 1.19 bits per heavy atom. The van der Waals surface area contributed by atoms with Gasteiger partial charge in [-0.1, -0.05) is 18.2 Å². The van der Waals surface area contributed by atoms with Crippen LogP contribution in [-0.4, -0.2) is 17.2 Å². The van der Waals surface area contributed by atoms with Crippen molar-refractivity contribution in [3.05, 3.63) is 54.1 Å². The van der Waals surface area contributed by atoms with E-state index < -0.39 is 6.03 Å². The van der Waals surface area contributed by atoms with E-state index in [1.54, 1.807) is 18.2 Å². The van der Waals surface area contributed by atoms with Crippen molar-refractivity contribution in [1.29, 1.82) is 0 Å². The zero-order chi connectivity index (χ0) is 15.2. The molecule has 0 aliphatic rings. The number of benzene rings is 2. The number of rotatable bonds is 5. The molecule has 21 heavy (non-hydrogen) atoms. The van der Waals surface area contributed by atoms with Gasteiger partial charge < -0.3 is 21.5 Å². The summed E-state index contributed by atoms with van der Waals surface area (Å²) < 4.78 is 0. The number of primary amides is 1. The van der Waals surface area contributed by atoms with Gasteiger partial charge in [0.15, 0.2) is 0 Å². The largest absolute Gasteiger partial charge is 0.508 e. The molecule has 0 spiro atoms. The zero-order valence-corrected chi connectivity index (χ0v) is 11.8. The lowest BCUT2D eigenvalue weighted by Crippen LogP contribution is -2.20. The van der Waals surface area contributed by atoms with Crippen molar-refractivity contribution in [2.75, 3.05) is 10.6 Å². The number of phenolic OH excluding ortho intramolecular Hbond substituents is 1. The monoisotopic (exact) mass is 285 g/mol. The minimum Gasteiger partial charge on any atom is -0.508 e. The second-order valence-corrected chi connectivity index (χ2v) is 4.99. The number of hydrogen-bond donors (Lipinski definition) is 4. The fourth-order valence-corrected chi connectivity index (χ4v) is 2.15. The van der Waals surface area contributed by atoms with Crippen LogP contribution in [0.1, 0.15) is 12.5 Å². The number of anilines is 2. The lowest BCUT2D eigenvalue weighted by atomic mass is 10.1. The van der Waals surface area contributed by atoms with E-state index in [1.807, 2.05) is 30.3 Å². The second-order valence-electron chi connectivity index (χ2n) is 4.99. The zero-order valence-electron chi connectivity index (χ0n) is 11.8. The Labute approximate surface area is 123 Å². The van der Waals surface area contributed by atoms with Crippen LogP contribution >= 0.6 is 0 Å². The summed E-state index contributed by atoms with van der Waals surface area (Å²) in [4.78, 5) is 10.8. The molecule has 0 fully saturated rings. The van der Waals surface area contributed by atoms with Gasteiger partial charge in [-0.3, -0.25) is 0 Å². The summed E-state index contributed by atoms with van der Waals surface area (Å²) in [6, 6.07) is 14.2. The Morgan fingerprint density at radius 3 is 2.52 bits per heavy atom. The van der Waals surface area contributed by atoms with Gasteiger partial charge in [0, 0.05) is 17.4 Å². The molecule has 2 aromatic carbocycles. The van der Waals surface area contributed by atoms with Crippen LogP contribution in [0.25, 0.3) is 0 Å². The average molecular weight is 285 g/mol. The maximum Gasteiger partial charge on any atom is 0.316 e. The normalized spacial score (nSPS) is 11.7. The minimum absolute atomic E-state index is 0.207. The molecule has 0 heterocycles. The average Bonchev–Trinajstić information content (AvgIpc) is 2.41. The Morgan fingerprint density at radius 2 is 1.86 bits per heavy atom. The molecule has 0 radical (unpaired) electrons. The van der Waals surface area contributed by atoms with Crippen molar-refractivity contribution in [3.63, 3.8) is 0 Å². The van der Waals surface area contributed by atoms with Gasteiger partial charge in [-0.25, -0.2) is 4.79 Å². The van der Waals surface area contributed by atoms with Crippen LogP contribution in [0.3, 0.4) is 0 Å². The van der Waals surface area contributed by atoms with Crippen molar-refractivity contribution in [1.82, 2.24) is 0 Å². The van der Waals surface area contributed by atoms with Crippen LogP contribution < -0.4 is 16.4 Å². The Hall–Kier alpha value is -2.69. The molecule has 5 nitrogen and oxygen atoms in total. The van der Waals surface area contributed by atoms with Gasteiger partial charge in [-0.2, -0.15) is 0 Å². The molecule has 0 aliphatic heterocycles. The van der Waals surface area contributed by atoms with Crippen molar-refractivity contribution in [3.8, 4) is 5.75 Å². The summed E-state index contributed by atoms with van der Waals surface area (Å²) in [7, 11) is 0. The third kappa shape index (κ3) is 4.72. The van der Waals surface area contributed by atoms with Crippen molar-refractivity contribution < 1.29 is 9.90 Å². The smallest absolute Gasteiger partial charge is 0.316 e. The maximum absolute atomic E-state index is 10.8. The summed E-state index contributed by atoms with van der Waals surface area (Å²) in [6.07, 6.45) is 0.827. The number of urea groups is 1. The van der Waals surface area contributed by atoms with Crippen molar-refractivity contribution in [2.45, 2.75) is 19.4 Å². The number of nitrogens with one attached hydrogen (secondary N) is 2. The fourth-order valence-electron chi connectivity index (χ4n) is 2.15. The highest BCUT2D eigenvalue weighted by molar-refractivity contribution is 5.88. The first kappa shape index (κ1) is 14.7. The van der Waals surface area contributed by atoms with E-state index in [9.17, 15) is 9.90 Å². The maximum atomic E-state index is 10.8. The topological polar surface area (TPSA) is 87.4 Å². The summed E-state index contributed by atoms with van der Waals surface area (Å²) in [6.45, 7) is 2.07. The van der Waals surface area contributed by atoms with Crippen LogP contribution in [0.2, 0.25) is 0 Å². The van der Waals surface area contributed by atoms with Crippen LogP contribution in [-0.2, 0) is 6.42 Å². The van der Waals surface area contributed by atoms with Gasteiger partial charge in [0.05, 0.1) is 0 Å². The molecule has 5 heteroatoms. The molecule has 1 atom stereocenters. The summed E-state index contributed by atoms with van der Waals surface area (Å²) in [5, 5.41) is 15.2. The molecule has 1 unspecified atom stereocenters. The number of carbonyl (C=O) groups excluding carboxylic acids is 1. The number of carbonyl (C=O) groups is 1. The van der Waals surface area contributed by atoms with Gasteiger partial charge in [0.25, 0.3) is 0 Å². The van der Waals surface area contributed by atoms with E-state index in [0.29, 0.717) is 5.69 Å². The third-order valence-electron chi connectivity index (χ3n) is 3.02. The summed E-state index contributed by atoms with van der Waals surface area (Å²) in [5.74, 6) is 0.268. The predicted octanol–water partition coefficient (Wildman–Crippen LogP) is 2.93. The molecule has 0 bridgehead atoms. The molecule has 0 saturated carbocycles. The molecule has 0 aromatic heterocycles. The van der Waals surface area contributed by atoms with E-state index in [1.165, 1.54) is 0 Å². The number of amides is 2.